The van der Waals surface area contributed by atoms with Gasteiger partial charge >= 0.3 is 0 Å². The number of piperidine rings is 1. The lowest BCUT2D eigenvalue weighted by Gasteiger charge is -2.34. The fraction of sp³-hybridized carbons (Fsp3) is 0.733. The van der Waals surface area contributed by atoms with Crippen LogP contribution in [0.5, 0.6) is 0 Å². The number of hydrogen-bond donors (Lipinski definition) is 2. The standard InChI is InChI=1S/C15H27N3O2S/c1-11(2)16-8-14-7-15(9-17-14)21(19,20)18-6-5-12(3)13(4)10-18/h7,9,11-13,16-17H,5-6,8,10H2,1-4H3. The molecule has 2 heterocycles. The molecular formula is C15H27N3O2S. The highest BCUT2D eigenvalue weighted by molar-refractivity contribution is 7.89. The molecule has 5 nitrogen and oxygen atoms in total. The summed E-state index contributed by atoms with van der Waals surface area (Å²) in [5.41, 5.74) is 0.903. The number of H-pyrrole nitrogens is 1. The largest absolute Gasteiger partial charge is 0.363 e. The van der Waals surface area contributed by atoms with Crippen LogP contribution in [0.2, 0.25) is 0 Å². The summed E-state index contributed by atoms with van der Waals surface area (Å²) in [4.78, 5) is 3.44. The van der Waals surface area contributed by atoms with Crippen molar-refractivity contribution < 1.29 is 8.42 Å². The number of nitrogens with one attached hydrogen (secondary N) is 2. The van der Waals surface area contributed by atoms with Crippen LogP contribution in [0.1, 0.15) is 39.8 Å². The van der Waals surface area contributed by atoms with Crippen molar-refractivity contribution in [3.63, 3.8) is 0 Å². The molecule has 0 aliphatic carbocycles. The van der Waals surface area contributed by atoms with E-state index < -0.39 is 10.0 Å². The van der Waals surface area contributed by atoms with E-state index in [0.29, 0.717) is 42.4 Å². The Balaban J connectivity index is 2.09. The minimum atomic E-state index is -3.36. The zero-order chi connectivity index (χ0) is 15.6. The van der Waals surface area contributed by atoms with Gasteiger partial charge in [-0.15, -0.1) is 0 Å². The molecule has 1 aliphatic heterocycles. The maximum atomic E-state index is 12.7. The van der Waals surface area contributed by atoms with E-state index in [1.807, 2.05) is 0 Å². The Morgan fingerprint density at radius 2 is 2.10 bits per heavy atom. The second-order valence-electron chi connectivity index (χ2n) is 6.50. The molecular weight excluding hydrogens is 286 g/mol. The summed E-state index contributed by atoms with van der Waals surface area (Å²) in [5.74, 6) is 1.00. The number of aromatic amines is 1. The molecule has 0 radical (unpaired) electrons. The molecule has 0 saturated carbocycles. The molecule has 0 bridgehead atoms. The Labute approximate surface area is 128 Å². The number of hydrogen-bond acceptors (Lipinski definition) is 3. The van der Waals surface area contributed by atoms with Crippen molar-refractivity contribution in [3.8, 4) is 0 Å². The first-order valence-corrected chi connectivity index (χ1v) is 9.15. The predicted molar refractivity (Wildman–Crippen MR) is 84.5 cm³/mol. The summed E-state index contributed by atoms with van der Waals surface area (Å²) >= 11 is 0. The van der Waals surface area contributed by atoms with Gasteiger partial charge in [0.2, 0.25) is 10.0 Å². The van der Waals surface area contributed by atoms with Gasteiger partial charge in [0.1, 0.15) is 0 Å². The van der Waals surface area contributed by atoms with Gasteiger partial charge in [0.25, 0.3) is 0 Å². The second-order valence-corrected chi connectivity index (χ2v) is 8.44. The summed E-state index contributed by atoms with van der Waals surface area (Å²) in [6, 6.07) is 2.12. The van der Waals surface area contributed by atoms with Crippen molar-refractivity contribution in [2.75, 3.05) is 13.1 Å². The molecule has 6 heteroatoms. The minimum absolute atomic E-state index is 0.373. The molecule has 2 N–H and O–H groups in total. The van der Waals surface area contributed by atoms with E-state index in [9.17, 15) is 8.42 Å². The van der Waals surface area contributed by atoms with Crippen LogP contribution in [-0.2, 0) is 16.6 Å². The zero-order valence-electron chi connectivity index (χ0n) is 13.4. The molecule has 1 fully saturated rings. The van der Waals surface area contributed by atoms with E-state index >= 15 is 0 Å². The number of nitrogens with zero attached hydrogens (tertiary/aromatic N) is 1. The zero-order valence-corrected chi connectivity index (χ0v) is 14.2. The van der Waals surface area contributed by atoms with E-state index in [0.717, 1.165) is 12.1 Å². The summed E-state index contributed by atoms with van der Waals surface area (Å²) in [5, 5.41) is 3.28. The van der Waals surface area contributed by atoms with Crippen molar-refractivity contribution in [3.05, 3.63) is 18.0 Å². The summed E-state index contributed by atoms with van der Waals surface area (Å²) in [7, 11) is -3.36. The van der Waals surface area contributed by atoms with Crippen LogP contribution >= 0.6 is 0 Å². The van der Waals surface area contributed by atoms with E-state index in [-0.39, 0.29) is 0 Å². The lowest BCUT2D eigenvalue weighted by molar-refractivity contribution is 0.212. The lowest BCUT2D eigenvalue weighted by Crippen LogP contribution is -2.42. The van der Waals surface area contributed by atoms with Gasteiger partial charge in [0, 0.05) is 37.6 Å². The number of sulfonamides is 1. The normalized spacial score (nSPS) is 24.6. The van der Waals surface area contributed by atoms with Gasteiger partial charge in [0.05, 0.1) is 4.90 Å². The van der Waals surface area contributed by atoms with Crippen molar-refractivity contribution in [1.82, 2.24) is 14.6 Å². The first kappa shape index (κ1) is 16.5. The maximum Gasteiger partial charge on any atom is 0.244 e. The van der Waals surface area contributed by atoms with Crippen molar-refractivity contribution in [2.24, 2.45) is 11.8 Å². The molecule has 1 aromatic heterocycles. The fourth-order valence-corrected chi connectivity index (χ4v) is 4.15. The first-order chi connectivity index (χ1) is 9.80. The van der Waals surface area contributed by atoms with Crippen LogP contribution in [-0.4, -0.2) is 36.8 Å². The summed E-state index contributed by atoms with van der Waals surface area (Å²) in [6.45, 7) is 10.4. The molecule has 1 aliphatic rings. The van der Waals surface area contributed by atoms with E-state index in [4.69, 9.17) is 0 Å². The van der Waals surface area contributed by atoms with Gasteiger partial charge in [-0.2, -0.15) is 4.31 Å². The fourth-order valence-electron chi connectivity index (χ4n) is 2.58. The topological polar surface area (TPSA) is 65.2 Å². The third kappa shape index (κ3) is 3.87. The van der Waals surface area contributed by atoms with Crippen LogP contribution in [0.4, 0.5) is 0 Å². The second kappa shape index (κ2) is 6.50. The van der Waals surface area contributed by atoms with Crippen LogP contribution in [0.25, 0.3) is 0 Å². The summed E-state index contributed by atoms with van der Waals surface area (Å²) in [6.07, 6.45) is 2.54. The molecule has 21 heavy (non-hydrogen) atoms. The van der Waals surface area contributed by atoms with Crippen molar-refractivity contribution >= 4 is 10.0 Å². The molecule has 120 valence electrons. The molecule has 0 amide bonds. The van der Waals surface area contributed by atoms with Gasteiger partial charge in [-0.1, -0.05) is 27.7 Å². The molecule has 2 rings (SSSR count). The van der Waals surface area contributed by atoms with E-state index in [1.165, 1.54) is 0 Å². The Kier molecular flexibility index (Phi) is 5.11. The highest BCUT2D eigenvalue weighted by Crippen LogP contribution is 2.27. The Morgan fingerprint density at radius 3 is 2.71 bits per heavy atom. The highest BCUT2D eigenvalue weighted by atomic mass is 32.2. The van der Waals surface area contributed by atoms with Crippen molar-refractivity contribution in [1.29, 1.82) is 0 Å². The Morgan fingerprint density at radius 1 is 1.38 bits per heavy atom. The average molecular weight is 313 g/mol. The van der Waals surface area contributed by atoms with Gasteiger partial charge in [-0.25, -0.2) is 8.42 Å². The van der Waals surface area contributed by atoms with Gasteiger partial charge in [-0.05, 0) is 24.3 Å². The van der Waals surface area contributed by atoms with Gasteiger partial charge in [0.15, 0.2) is 0 Å². The Bertz CT molecular complexity index is 565. The average Bonchev–Trinajstić information content (AvgIpc) is 2.89. The molecule has 0 aromatic carbocycles. The molecule has 1 aromatic rings. The molecule has 2 unspecified atom stereocenters. The number of rotatable bonds is 5. The first-order valence-electron chi connectivity index (χ1n) is 7.71. The van der Waals surface area contributed by atoms with Crippen LogP contribution < -0.4 is 5.32 Å². The predicted octanol–water partition coefficient (Wildman–Crippen LogP) is 2.18. The van der Waals surface area contributed by atoms with Crippen LogP contribution in [0.15, 0.2) is 17.2 Å². The Hall–Kier alpha value is -0.850. The van der Waals surface area contributed by atoms with E-state index in [2.05, 4.69) is 38.0 Å². The van der Waals surface area contributed by atoms with Crippen LogP contribution in [0, 0.1) is 11.8 Å². The monoisotopic (exact) mass is 313 g/mol. The van der Waals surface area contributed by atoms with Gasteiger partial charge in [-0.3, -0.25) is 0 Å². The molecule has 0 spiro atoms. The van der Waals surface area contributed by atoms with Crippen LogP contribution in [0.3, 0.4) is 0 Å². The number of aromatic nitrogens is 1. The minimum Gasteiger partial charge on any atom is -0.363 e. The third-order valence-corrected chi connectivity index (χ3v) is 6.19. The third-order valence-electron chi connectivity index (χ3n) is 4.35. The highest BCUT2D eigenvalue weighted by Gasteiger charge is 2.32. The quantitative estimate of drug-likeness (QED) is 0.875. The summed E-state index contributed by atoms with van der Waals surface area (Å²) < 4.78 is 27.0. The lowest BCUT2D eigenvalue weighted by atomic mass is 9.90. The smallest absolute Gasteiger partial charge is 0.244 e. The maximum absolute atomic E-state index is 12.7. The SMILES string of the molecule is CC(C)NCc1cc(S(=O)(=O)N2CCC(C)C(C)C2)c[nH]1. The van der Waals surface area contributed by atoms with E-state index in [1.54, 1.807) is 16.6 Å². The van der Waals surface area contributed by atoms with Crippen molar-refractivity contribution in [2.45, 2.75) is 51.6 Å². The molecule has 1 saturated heterocycles. The molecule has 2 atom stereocenters. The van der Waals surface area contributed by atoms with Gasteiger partial charge < -0.3 is 10.3 Å².